The molecule has 0 radical (unpaired) electrons. The molecule has 0 aliphatic heterocycles. The van der Waals surface area contributed by atoms with Crippen LogP contribution in [0.1, 0.15) is 29.8 Å². The summed E-state index contributed by atoms with van der Waals surface area (Å²) < 4.78 is 4.60. The lowest BCUT2D eigenvalue weighted by molar-refractivity contribution is 0.0488. The molecule has 0 bridgehead atoms. The number of hydrogen-bond donors (Lipinski definition) is 2. The molecule has 1 amide bonds. The lowest BCUT2D eigenvalue weighted by Crippen LogP contribution is -2.31. The van der Waals surface area contributed by atoms with Crippen LogP contribution in [-0.4, -0.2) is 22.6 Å². The van der Waals surface area contributed by atoms with Crippen molar-refractivity contribution in [2.24, 2.45) is 5.73 Å². The fraction of sp³-hybridized carbons (Fsp3) is 0.333. The zero-order valence-corrected chi connectivity index (χ0v) is 9.77. The molecule has 0 heterocycles. The average Bonchev–Trinajstić information content (AvgIpc) is 2.25. The minimum Gasteiger partial charge on any atom is -0.445 e. The first-order valence-electron chi connectivity index (χ1n) is 5.09. The number of amides is 1. The van der Waals surface area contributed by atoms with Gasteiger partial charge < -0.3 is 15.6 Å². The van der Waals surface area contributed by atoms with Gasteiger partial charge in [-0.25, -0.2) is 4.79 Å². The number of Topliss-reactive ketones (excluding diaryl/α,β-unsaturated/α-hetero) is 1. The average molecular weight is 237 g/mol. The van der Waals surface area contributed by atoms with Gasteiger partial charge in [0, 0.05) is 5.56 Å². The third-order valence-corrected chi connectivity index (χ3v) is 2.15. The van der Waals surface area contributed by atoms with Crippen molar-refractivity contribution in [1.29, 1.82) is 0 Å². The number of nitrogens with two attached hydrogens (primary N) is 1. The van der Waals surface area contributed by atoms with Crippen LogP contribution in [0.25, 0.3) is 0 Å². The lowest BCUT2D eigenvalue weighted by Gasteiger charge is -2.15. The van der Waals surface area contributed by atoms with Crippen molar-refractivity contribution in [3.8, 4) is 0 Å². The largest absolute Gasteiger partial charge is 0.445 e. The van der Waals surface area contributed by atoms with Gasteiger partial charge in [-0.2, -0.15) is 0 Å². The normalized spacial score (nSPS) is 11.0. The maximum Gasteiger partial charge on any atom is 0.404 e. The second-order valence-corrected chi connectivity index (χ2v) is 4.19. The van der Waals surface area contributed by atoms with Gasteiger partial charge in [0.05, 0.1) is 0 Å². The van der Waals surface area contributed by atoms with Gasteiger partial charge in [-0.15, -0.1) is 0 Å². The van der Waals surface area contributed by atoms with Gasteiger partial charge in [-0.1, -0.05) is 24.3 Å². The number of aliphatic hydroxyl groups is 1. The fourth-order valence-electron chi connectivity index (χ4n) is 1.26. The Morgan fingerprint density at radius 3 is 2.24 bits per heavy atom. The predicted octanol–water partition coefficient (Wildman–Crippen LogP) is 1.24. The number of benzene rings is 1. The Bertz CT molecular complexity index is 417. The SMILES string of the molecule is CC(C)(O)C(=O)c1ccc(COC(N)=O)cc1. The summed E-state index contributed by atoms with van der Waals surface area (Å²) in [5.41, 5.74) is 4.55. The number of carbonyl (C=O) groups is 2. The number of ether oxygens (including phenoxy) is 1. The third kappa shape index (κ3) is 3.88. The Hall–Kier alpha value is -1.88. The van der Waals surface area contributed by atoms with Crippen LogP contribution in [0.4, 0.5) is 4.79 Å². The van der Waals surface area contributed by atoms with Crippen molar-refractivity contribution >= 4 is 11.9 Å². The van der Waals surface area contributed by atoms with E-state index in [0.717, 1.165) is 5.56 Å². The Kier molecular flexibility index (Phi) is 3.85. The van der Waals surface area contributed by atoms with Crippen LogP contribution in [0, 0.1) is 0 Å². The van der Waals surface area contributed by atoms with E-state index in [-0.39, 0.29) is 12.4 Å². The molecule has 1 rings (SSSR count). The maximum atomic E-state index is 11.7. The molecule has 5 heteroatoms. The van der Waals surface area contributed by atoms with E-state index in [1.54, 1.807) is 24.3 Å². The van der Waals surface area contributed by atoms with Gasteiger partial charge in [-0.3, -0.25) is 4.79 Å². The van der Waals surface area contributed by atoms with E-state index in [0.29, 0.717) is 5.56 Å². The summed E-state index contributed by atoms with van der Waals surface area (Å²) in [7, 11) is 0. The minimum atomic E-state index is -1.40. The van der Waals surface area contributed by atoms with E-state index < -0.39 is 11.7 Å². The summed E-state index contributed by atoms with van der Waals surface area (Å²) in [5, 5.41) is 9.55. The smallest absolute Gasteiger partial charge is 0.404 e. The fourth-order valence-corrected chi connectivity index (χ4v) is 1.26. The van der Waals surface area contributed by atoms with E-state index >= 15 is 0 Å². The highest BCUT2D eigenvalue weighted by Crippen LogP contribution is 2.13. The number of rotatable bonds is 4. The van der Waals surface area contributed by atoms with Gasteiger partial charge in [-0.05, 0) is 19.4 Å². The Morgan fingerprint density at radius 2 is 1.82 bits per heavy atom. The number of carbonyl (C=O) groups excluding carboxylic acids is 2. The quantitative estimate of drug-likeness (QED) is 0.771. The van der Waals surface area contributed by atoms with E-state index in [4.69, 9.17) is 5.73 Å². The molecular formula is C12H15NO4. The molecule has 1 aromatic rings. The van der Waals surface area contributed by atoms with Crippen LogP contribution in [0.2, 0.25) is 0 Å². The van der Waals surface area contributed by atoms with Gasteiger partial charge >= 0.3 is 6.09 Å². The van der Waals surface area contributed by atoms with Gasteiger partial charge in [0.1, 0.15) is 12.2 Å². The Labute approximate surface area is 99.2 Å². The van der Waals surface area contributed by atoms with E-state index in [9.17, 15) is 14.7 Å². The maximum absolute atomic E-state index is 11.7. The molecule has 92 valence electrons. The molecule has 17 heavy (non-hydrogen) atoms. The Balaban J connectivity index is 2.75. The van der Waals surface area contributed by atoms with E-state index in [2.05, 4.69) is 4.74 Å². The number of hydrogen-bond acceptors (Lipinski definition) is 4. The van der Waals surface area contributed by atoms with Crippen LogP contribution in [0.15, 0.2) is 24.3 Å². The number of ketones is 1. The second-order valence-electron chi connectivity index (χ2n) is 4.19. The van der Waals surface area contributed by atoms with Gasteiger partial charge in [0.25, 0.3) is 0 Å². The molecule has 0 saturated heterocycles. The standard InChI is InChI=1S/C12H15NO4/c1-12(2,16)10(14)9-5-3-8(4-6-9)7-17-11(13)15/h3-6,16H,7H2,1-2H3,(H2,13,15). The van der Waals surface area contributed by atoms with Crippen molar-refractivity contribution in [3.05, 3.63) is 35.4 Å². The zero-order valence-electron chi connectivity index (χ0n) is 9.77. The molecular weight excluding hydrogens is 222 g/mol. The Morgan fingerprint density at radius 1 is 1.29 bits per heavy atom. The van der Waals surface area contributed by atoms with Crippen LogP contribution in [0.3, 0.4) is 0 Å². The van der Waals surface area contributed by atoms with Gasteiger partial charge in [0.15, 0.2) is 5.78 Å². The summed E-state index contributed by atoms with van der Waals surface area (Å²) in [6.45, 7) is 2.92. The summed E-state index contributed by atoms with van der Waals surface area (Å²) in [4.78, 5) is 22.1. The molecule has 5 nitrogen and oxygen atoms in total. The molecule has 3 N–H and O–H groups in total. The minimum absolute atomic E-state index is 0.0618. The highest BCUT2D eigenvalue weighted by molar-refractivity contribution is 6.01. The summed E-state index contributed by atoms with van der Waals surface area (Å²) in [6.07, 6.45) is -0.846. The molecule has 0 unspecified atom stereocenters. The first kappa shape index (κ1) is 13.2. The lowest BCUT2D eigenvalue weighted by atomic mass is 9.96. The summed E-state index contributed by atoms with van der Waals surface area (Å²) in [5.74, 6) is -0.361. The van der Waals surface area contributed by atoms with Crippen molar-refractivity contribution in [1.82, 2.24) is 0 Å². The van der Waals surface area contributed by atoms with Crippen molar-refractivity contribution in [3.63, 3.8) is 0 Å². The summed E-state index contributed by atoms with van der Waals surface area (Å²) in [6, 6.07) is 6.42. The second kappa shape index (κ2) is 4.97. The zero-order chi connectivity index (χ0) is 13.1. The third-order valence-electron chi connectivity index (χ3n) is 2.15. The highest BCUT2D eigenvalue weighted by atomic mass is 16.5. The van der Waals surface area contributed by atoms with Crippen LogP contribution in [-0.2, 0) is 11.3 Å². The molecule has 0 aliphatic rings. The molecule has 0 spiro atoms. The van der Waals surface area contributed by atoms with Gasteiger partial charge in [0.2, 0.25) is 0 Å². The molecule has 0 atom stereocenters. The molecule has 1 aromatic carbocycles. The first-order valence-corrected chi connectivity index (χ1v) is 5.09. The monoisotopic (exact) mass is 237 g/mol. The molecule has 0 aliphatic carbocycles. The van der Waals surface area contributed by atoms with E-state index in [1.165, 1.54) is 13.8 Å². The number of primary amides is 1. The van der Waals surface area contributed by atoms with Crippen molar-refractivity contribution in [2.45, 2.75) is 26.1 Å². The molecule has 0 fully saturated rings. The predicted molar refractivity (Wildman–Crippen MR) is 61.4 cm³/mol. The summed E-state index contributed by atoms with van der Waals surface area (Å²) >= 11 is 0. The highest BCUT2D eigenvalue weighted by Gasteiger charge is 2.24. The van der Waals surface area contributed by atoms with Crippen molar-refractivity contribution in [2.75, 3.05) is 0 Å². The topological polar surface area (TPSA) is 89.6 Å². The van der Waals surface area contributed by atoms with Crippen LogP contribution >= 0.6 is 0 Å². The van der Waals surface area contributed by atoms with Crippen LogP contribution < -0.4 is 5.73 Å². The van der Waals surface area contributed by atoms with Crippen LogP contribution in [0.5, 0.6) is 0 Å². The van der Waals surface area contributed by atoms with E-state index in [1.807, 2.05) is 0 Å². The molecule has 0 saturated carbocycles. The van der Waals surface area contributed by atoms with Crippen molar-refractivity contribution < 1.29 is 19.4 Å². The molecule has 0 aromatic heterocycles. The first-order chi connectivity index (χ1) is 7.80.